The zero-order valence-electron chi connectivity index (χ0n) is 12.6. The van der Waals surface area contributed by atoms with E-state index in [1.807, 2.05) is 0 Å². The Bertz CT molecular complexity index is 216. The minimum atomic E-state index is 0.266. The molecule has 0 aliphatic carbocycles. The molecule has 3 heteroatoms. The summed E-state index contributed by atoms with van der Waals surface area (Å²) in [7, 11) is 0. The van der Waals surface area contributed by atoms with Crippen LogP contribution in [-0.4, -0.2) is 12.6 Å². The minimum absolute atomic E-state index is 0.266. The van der Waals surface area contributed by atoms with Crippen LogP contribution >= 0.6 is 0 Å². The zero-order valence-corrected chi connectivity index (χ0v) is 12.6. The average molecular weight is 258 g/mol. The Morgan fingerprint density at radius 2 is 1.78 bits per heavy atom. The number of unbranched alkanes of at least 4 members (excludes halogenated alkanes) is 4. The van der Waals surface area contributed by atoms with Crippen molar-refractivity contribution in [3.63, 3.8) is 0 Å². The average Bonchev–Trinajstić information content (AvgIpc) is 2.30. The molecule has 0 N–H and O–H groups in total. The molecule has 3 nitrogen and oxygen atoms in total. The van der Waals surface area contributed by atoms with Crippen molar-refractivity contribution in [3.05, 3.63) is 0 Å². The largest absolute Gasteiger partial charge is 0.588 e. The van der Waals surface area contributed by atoms with Gasteiger partial charge in [0.25, 0.3) is 0 Å². The lowest BCUT2D eigenvalue weighted by Crippen LogP contribution is -2.14. The van der Waals surface area contributed by atoms with Crippen LogP contribution in [0.15, 0.2) is 0 Å². The van der Waals surface area contributed by atoms with E-state index in [2.05, 4.69) is 32.3 Å². The van der Waals surface area contributed by atoms with Crippen LogP contribution in [0.5, 0.6) is 0 Å². The zero-order chi connectivity index (χ0) is 13.9. The van der Waals surface area contributed by atoms with E-state index in [9.17, 15) is 5.26 Å². The number of carbonyl (C=O) groups excluding carboxylic acids is 1. The summed E-state index contributed by atoms with van der Waals surface area (Å²) < 4.78 is 9.35. The van der Waals surface area contributed by atoms with Gasteiger partial charge in [-0.25, -0.2) is 0 Å². The van der Waals surface area contributed by atoms with Crippen molar-refractivity contribution in [2.75, 3.05) is 6.61 Å². The summed E-state index contributed by atoms with van der Waals surface area (Å²) in [6, 6.07) is 0. The predicted octanol–water partition coefficient (Wildman–Crippen LogP) is 3.53. The first kappa shape index (κ1) is 17.3. The Hall–Kier alpha value is -0.730. The topological polar surface area (TPSA) is 43.6 Å². The number of ether oxygens (including phenoxy) is 1. The summed E-state index contributed by atoms with van der Waals surface area (Å²) in [6.45, 7) is 9.50. The quantitative estimate of drug-likeness (QED) is 0.209. The van der Waals surface area contributed by atoms with E-state index in [1.165, 1.54) is 12.8 Å². The number of rotatable bonds is 9. The molecule has 0 amide bonds. The van der Waals surface area contributed by atoms with Gasteiger partial charge in [0.05, 0.1) is 0 Å². The van der Waals surface area contributed by atoms with Crippen LogP contribution in [0.25, 0.3) is 0 Å². The first-order valence-corrected chi connectivity index (χ1v) is 7.28. The van der Waals surface area contributed by atoms with Crippen LogP contribution in [0, 0.1) is 5.41 Å². The highest BCUT2D eigenvalue weighted by Gasteiger charge is 2.14. The van der Waals surface area contributed by atoms with E-state index in [1.54, 1.807) is 0 Å². The van der Waals surface area contributed by atoms with Crippen molar-refractivity contribution in [1.82, 2.24) is 0 Å². The van der Waals surface area contributed by atoms with Gasteiger partial charge < -0.3 is 9.99 Å². The third-order valence-electron chi connectivity index (χ3n) is 2.91. The van der Waals surface area contributed by atoms with Crippen molar-refractivity contribution in [1.29, 1.82) is 0 Å². The first-order chi connectivity index (χ1) is 8.49. The van der Waals surface area contributed by atoms with E-state index in [0.29, 0.717) is 18.4 Å². The van der Waals surface area contributed by atoms with Gasteiger partial charge in [-0.15, -0.1) is 0 Å². The molecule has 0 saturated heterocycles. The van der Waals surface area contributed by atoms with E-state index >= 15 is 0 Å². The lowest BCUT2D eigenvalue weighted by molar-refractivity contribution is -1.05. The highest BCUT2D eigenvalue weighted by Crippen LogP contribution is 2.22. The van der Waals surface area contributed by atoms with Crippen LogP contribution in [0.2, 0.25) is 0 Å². The summed E-state index contributed by atoms with van der Waals surface area (Å²) in [5.41, 5.74) is 0.401. The highest BCUT2D eigenvalue weighted by molar-refractivity contribution is 5.69. The van der Waals surface area contributed by atoms with Crippen molar-refractivity contribution in [2.45, 2.75) is 79.1 Å². The normalized spacial score (nSPS) is 12.8. The van der Waals surface area contributed by atoms with Gasteiger partial charge in [0, 0.05) is 6.42 Å². The molecule has 0 aromatic carbocycles. The van der Waals surface area contributed by atoms with Gasteiger partial charge in [-0.1, -0.05) is 47.0 Å². The van der Waals surface area contributed by atoms with Gasteiger partial charge in [-0.3, -0.25) is 4.58 Å². The van der Waals surface area contributed by atoms with Crippen LogP contribution in [-0.2, 0) is 9.31 Å². The van der Waals surface area contributed by atoms with Crippen molar-refractivity contribution in [2.24, 2.45) is 5.41 Å². The molecule has 0 spiro atoms. The van der Waals surface area contributed by atoms with Crippen molar-refractivity contribution < 1.29 is 14.6 Å². The summed E-state index contributed by atoms with van der Waals surface area (Å²) in [5.74, 6) is 0.266. The van der Waals surface area contributed by atoms with Gasteiger partial charge in [0.1, 0.15) is 6.42 Å². The second-order valence-corrected chi connectivity index (χ2v) is 6.13. The lowest BCUT2D eigenvalue weighted by Gasteiger charge is -2.17. The molecule has 18 heavy (non-hydrogen) atoms. The molecular weight excluding hydrogens is 228 g/mol. The Kier molecular flexibility index (Phi) is 9.80. The lowest BCUT2D eigenvalue weighted by atomic mass is 9.89. The van der Waals surface area contributed by atoms with Crippen LogP contribution < -0.4 is 5.26 Å². The molecule has 0 heterocycles. The third kappa shape index (κ3) is 11.7. The highest BCUT2D eigenvalue weighted by atomic mass is 17.1. The molecule has 0 aromatic heterocycles. The monoisotopic (exact) mass is 258 g/mol. The maximum atomic E-state index is 10.5. The van der Waals surface area contributed by atoms with Crippen molar-refractivity contribution >= 4 is 5.97 Å². The molecule has 0 aliphatic heterocycles. The van der Waals surface area contributed by atoms with Gasteiger partial charge in [-0.05, 0) is 24.7 Å². The molecule has 0 bridgehead atoms. The second kappa shape index (κ2) is 10.2. The Labute approximate surface area is 112 Å². The van der Waals surface area contributed by atoms with Gasteiger partial charge >= 0.3 is 5.97 Å². The molecule has 0 unspecified atom stereocenters. The Balaban J connectivity index is 3.51. The molecule has 0 aliphatic rings. The van der Waals surface area contributed by atoms with Crippen LogP contribution in [0.3, 0.4) is 0 Å². The number of hydrogen-bond donors (Lipinski definition) is 0. The fourth-order valence-corrected chi connectivity index (χ4v) is 1.78. The molecule has 0 rings (SSSR count). The number of hydrogen-bond acceptors (Lipinski definition) is 2. The summed E-state index contributed by atoms with van der Waals surface area (Å²) in [5, 5.41) is 10.5. The van der Waals surface area contributed by atoms with Crippen molar-refractivity contribution in [3.8, 4) is 0 Å². The molecule has 0 atom stereocenters. The fourth-order valence-electron chi connectivity index (χ4n) is 1.78. The molecule has 0 aromatic rings. The standard InChI is InChI=1S/C15H30O3/c1-5-6-10-13-17-14(18-16)11-8-7-9-12-15(2,3)4/h5-13H2,1-4H3. The molecule has 0 radical (unpaired) electrons. The SMILES string of the molecule is CCCCCOC(CCCCCC(C)(C)C)=[O+][O-]. The van der Waals surface area contributed by atoms with E-state index in [-0.39, 0.29) is 5.97 Å². The maximum absolute atomic E-state index is 10.5. The molecular formula is C15H30O3. The van der Waals surface area contributed by atoms with E-state index in [4.69, 9.17) is 4.74 Å². The Morgan fingerprint density at radius 3 is 2.33 bits per heavy atom. The summed E-state index contributed by atoms with van der Waals surface area (Å²) >= 11 is 0. The Morgan fingerprint density at radius 1 is 1.06 bits per heavy atom. The molecule has 108 valence electrons. The first-order valence-electron chi connectivity index (χ1n) is 7.28. The second-order valence-electron chi connectivity index (χ2n) is 6.13. The predicted molar refractivity (Wildman–Crippen MR) is 73.0 cm³/mol. The number of esters is 1. The van der Waals surface area contributed by atoms with E-state index in [0.717, 1.165) is 32.1 Å². The summed E-state index contributed by atoms with van der Waals surface area (Å²) in [4.78, 5) is 0. The maximum Gasteiger partial charge on any atom is 0.497 e. The van der Waals surface area contributed by atoms with Crippen LogP contribution in [0.1, 0.15) is 79.1 Å². The molecule has 0 fully saturated rings. The van der Waals surface area contributed by atoms with Gasteiger partial charge in [0.15, 0.2) is 6.61 Å². The van der Waals surface area contributed by atoms with E-state index < -0.39 is 0 Å². The summed E-state index contributed by atoms with van der Waals surface area (Å²) in [6.07, 6.45) is 8.45. The smallest absolute Gasteiger partial charge is 0.497 e. The molecule has 0 saturated carbocycles. The van der Waals surface area contributed by atoms with Crippen LogP contribution in [0.4, 0.5) is 0 Å². The van der Waals surface area contributed by atoms with Gasteiger partial charge in [0.2, 0.25) is 0 Å². The fraction of sp³-hybridized carbons (Fsp3) is 0.933. The third-order valence-corrected chi connectivity index (χ3v) is 2.91. The van der Waals surface area contributed by atoms with Gasteiger partial charge in [-0.2, -0.15) is 0 Å². The minimum Gasteiger partial charge on any atom is -0.588 e.